The highest BCUT2D eigenvalue weighted by molar-refractivity contribution is 5.10. The molecule has 13 heavy (non-hydrogen) atoms. The van der Waals surface area contributed by atoms with Gasteiger partial charge in [0.15, 0.2) is 0 Å². The van der Waals surface area contributed by atoms with Crippen LogP contribution in [0.15, 0.2) is 53.9 Å². The number of aromatic nitrogens is 2. The molecule has 68 valence electrons. The average Bonchev–Trinajstić information content (AvgIpc) is 2.82. The molecule has 0 aliphatic carbocycles. The standard InChI is InChI=1S/C4H4N2.C4H4O.CH2O/c1-2-6-4-3-5-1;1-2-4-5-3-1;1-2/h1-4H;1-4H;1H2. The van der Waals surface area contributed by atoms with E-state index in [4.69, 9.17) is 4.79 Å². The zero-order valence-corrected chi connectivity index (χ0v) is 7.04. The summed E-state index contributed by atoms with van der Waals surface area (Å²) in [4.78, 5) is 15.4. The number of carbonyl (C=O) groups excluding carboxylic acids is 1. The SMILES string of the molecule is C=O.c1ccoc1.c1cnccn1. The fourth-order valence-corrected chi connectivity index (χ4v) is 0.480. The van der Waals surface area contributed by atoms with Crippen LogP contribution in [-0.2, 0) is 4.79 Å². The van der Waals surface area contributed by atoms with Crippen LogP contribution in [0, 0.1) is 0 Å². The van der Waals surface area contributed by atoms with Gasteiger partial charge in [-0.15, -0.1) is 0 Å². The van der Waals surface area contributed by atoms with Crippen molar-refractivity contribution in [1.82, 2.24) is 9.97 Å². The zero-order chi connectivity index (χ0) is 9.78. The summed E-state index contributed by atoms with van der Waals surface area (Å²) in [6.45, 7) is 2.00. The molecule has 0 saturated heterocycles. The minimum atomic E-state index is 1.62. The molecule has 2 aromatic heterocycles. The normalized spacial score (nSPS) is 7.08. The molecular weight excluding hydrogens is 168 g/mol. The smallest absolute Gasteiger partial charge is 0.106 e. The lowest BCUT2D eigenvalue weighted by Crippen LogP contribution is -1.66. The molecule has 0 radical (unpaired) electrons. The van der Waals surface area contributed by atoms with Crippen LogP contribution >= 0.6 is 0 Å². The molecule has 4 nitrogen and oxygen atoms in total. The lowest BCUT2D eigenvalue weighted by molar-refractivity contribution is -0.0979. The lowest BCUT2D eigenvalue weighted by atomic mass is 10.7. The van der Waals surface area contributed by atoms with Crippen molar-refractivity contribution < 1.29 is 9.21 Å². The first kappa shape index (κ1) is 11.0. The lowest BCUT2D eigenvalue weighted by Gasteiger charge is -1.70. The molecule has 2 rings (SSSR count). The van der Waals surface area contributed by atoms with Gasteiger partial charge < -0.3 is 9.21 Å². The minimum absolute atomic E-state index is 1.62. The monoisotopic (exact) mass is 178 g/mol. The largest absolute Gasteiger partial charge is 0.473 e. The highest BCUT2D eigenvalue weighted by Crippen LogP contribution is 1.79. The van der Waals surface area contributed by atoms with E-state index in [1.54, 1.807) is 37.3 Å². The van der Waals surface area contributed by atoms with E-state index in [0.29, 0.717) is 0 Å². The summed E-state index contributed by atoms with van der Waals surface area (Å²) >= 11 is 0. The summed E-state index contributed by atoms with van der Waals surface area (Å²) in [5.41, 5.74) is 0. The first-order valence-electron chi connectivity index (χ1n) is 3.46. The van der Waals surface area contributed by atoms with Gasteiger partial charge in [-0.05, 0) is 12.1 Å². The minimum Gasteiger partial charge on any atom is -0.473 e. The first-order valence-corrected chi connectivity index (χ1v) is 3.46. The molecule has 0 aromatic carbocycles. The summed E-state index contributed by atoms with van der Waals surface area (Å²) in [5, 5.41) is 0. The van der Waals surface area contributed by atoms with E-state index < -0.39 is 0 Å². The van der Waals surface area contributed by atoms with Crippen LogP contribution in [0.3, 0.4) is 0 Å². The van der Waals surface area contributed by atoms with E-state index >= 15 is 0 Å². The topological polar surface area (TPSA) is 56.0 Å². The molecule has 0 aliphatic rings. The fraction of sp³-hybridized carbons (Fsp3) is 0. The van der Waals surface area contributed by atoms with Crippen LogP contribution in [-0.4, -0.2) is 16.8 Å². The zero-order valence-electron chi connectivity index (χ0n) is 7.04. The molecule has 0 atom stereocenters. The van der Waals surface area contributed by atoms with Crippen LogP contribution in [0.5, 0.6) is 0 Å². The third kappa shape index (κ3) is 7.93. The third-order valence-electron chi connectivity index (χ3n) is 0.903. The van der Waals surface area contributed by atoms with Crippen molar-refractivity contribution in [2.75, 3.05) is 0 Å². The van der Waals surface area contributed by atoms with Gasteiger partial charge in [-0.1, -0.05) is 0 Å². The predicted octanol–water partition coefficient (Wildman–Crippen LogP) is 1.57. The molecule has 0 spiro atoms. The van der Waals surface area contributed by atoms with Crippen molar-refractivity contribution in [1.29, 1.82) is 0 Å². The Morgan fingerprint density at radius 3 is 1.38 bits per heavy atom. The molecule has 0 amide bonds. The maximum Gasteiger partial charge on any atom is 0.106 e. The van der Waals surface area contributed by atoms with E-state index in [2.05, 4.69) is 14.4 Å². The molecular formula is C9H10N2O2. The van der Waals surface area contributed by atoms with Crippen molar-refractivity contribution >= 4 is 6.79 Å². The van der Waals surface area contributed by atoms with E-state index in [9.17, 15) is 0 Å². The summed E-state index contributed by atoms with van der Waals surface area (Å²) in [7, 11) is 0. The van der Waals surface area contributed by atoms with Gasteiger partial charge in [-0.3, -0.25) is 9.97 Å². The highest BCUT2D eigenvalue weighted by Gasteiger charge is 1.59. The van der Waals surface area contributed by atoms with E-state index in [1.165, 1.54) is 0 Å². The number of rotatable bonds is 0. The van der Waals surface area contributed by atoms with Crippen molar-refractivity contribution in [3.8, 4) is 0 Å². The van der Waals surface area contributed by atoms with E-state index in [0.717, 1.165) is 0 Å². The Morgan fingerprint density at radius 2 is 1.23 bits per heavy atom. The summed E-state index contributed by atoms with van der Waals surface area (Å²) < 4.78 is 4.58. The summed E-state index contributed by atoms with van der Waals surface area (Å²) in [6, 6.07) is 3.67. The van der Waals surface area contributed by atoms with Crippen LogP contribution in [0.25, 0.3) is 0 Å². The first-order chi connectivity index (χ1) is 6.50. The Morgan fingerprint density at radius 1 is 0.846 bits per heavy atom. The predicted molar refractivity (Wildman–Crippen MR) is 47.9 cm³/mol. The molecule has 0 N–H and O–H groups in total. The van der Waals surface area contributed by atoms with Crippen molar-refractivity contribution in [3.05, 3.63) is 49.4 Å². The molecule has 0 saturated carbocycles. The highest BCUT2D eigenvalue weighted by atomic mass is 16.3. The van der Waals surface area contributed by atoms with Gasteiger partial charge in [-0.25, -0.2) is 0 Å². The van der Waals surface area contributed by atoms with Gasteiger partial charge >= 0.3 is 0 Å². The van der Waals surface area contributed by atoms with Gasteiger partial charge in [0.05, 0.1) is 12.5 Å². The Kier molecular flexibility index (Phi) is 8.51. The average molecular weight is 178 g/mol. The van der Waals surface area contributed by atoms with Gasteiger partial charge in [0.2, 0.25) is 0 Å². The van der Waals surface area contributed by atoms with Crippen LogP contribution in [0.2, 0.25) is 0 Å². The molecule has 4 heteroatoms. The number of carbonyl (C=O) groups is 1. The third-order valence-corrected chi connectivity index (χ3v) is 0.903. The number of hydrogen-bond donors (Lipinski definition) is 0. The molecule has 2 aromatic rings. The maximum absolute atomic E-state index is 8.00. The van der Waals surface area contributed by atoms with Crippen LogP contribution in [0.1, 0.15) is 0 Å². The van der Waals surface area contributed by atoms with E-state index in [-0.39, 0.29) is 0 Å². The van der Waals surface area contributed by atoms with Gasteiger partial charge in [-0.2, -0.15) is 0 Å². The summed E-state index contributed by atoms with van der Waals surface area (Å²) in [6.07, 6.45) is 9.81. The molecule has 0 unspecified atom stereocenters. The second-order valence-corrected chi connectivity index (χ2v) is 1.69. The molecule has 2 heterocycles. The van der Waals surface area contributed by atoms with Crippen molar-refractivity contribution in [3.63, 3.8) is 0 Å². The molecule has 0 bridgehead atoms. The molecule has 0 aliphatic heterocycles. The Labute approximate surface area is 76.3 Å². The second kappa shape index (κ2) is 10.0. The Hall–Kier alpha value is -1.97. The van der Waals surface area contributed by atoms with E-state index in [1.807, 2.05) is 18.9 Å². The number of hydrogen-bond acceptors (Lipinski definition) is 4. The Balaban J connectivity index is 0.000000189. The Bertz CT molecular complexity index is 214. The van der Waals surface area contributed by atoms with Crippen molar-refractivity contribution in [2.24, 2.45) is 0 Å². The summed E-state index contributed by atoms with van der Waals surface area (Å²) in [5.74, 6) is 0. The van der Waals surface area contributed by atoms with Gasteiger partial charge in [0.1, 0.15) is 6.79 Å². The number of nitrogens with zero attached hydrogens (tertiary/aromatic N) is 2. The quantitative estimate of drug-likeness (QED) is 0.614. The molecule has 0 fully saturated rings. The van der Waals surface area contributed by atoms with Gasteiger partial charge in [0, 0.05) is 24.8 Å². The van der Waals surface area contributed by atoms with Gasteiger partial charge in [0.25, 0.3) is 0 Å². The van der Waals surface area contributed by atoms with Crippen LogP contribution in [0.4, 0.5) is 0 Å². The second-order valence-electron chi connectivity index (χ2n) is 1.69. The van der Waals surface area contributed by atoms with Crippen LogP contribution < -0.4 is 0 Å². The number of furan rings is 1. The maximum atomic E-state index is 8.00. The fourth-order valence-electron chi connectivity index (χ4n) is 0.480. The van der Waals surface area contributed by atoms with Crippen molar-refractivity contribution in [2.45, 2.75) is 0 Å².